The molecule has 0 saturated heterocycles. The Morgan fingerprint density at radius 2 is 2.08 bits per heavy atom. The Hall–Kier alpha value is -0.760. The summed E-state index contributed by atoms with van der Waals surface area (Å²) in [4.78, 5) is 2.19. The second-order valence-electron chi connectivity index (χ2n) is 3.74. The first kappa shape index (κ1) is 9.33. The van der Waals surface area contributed by atoms with Gasteiger partial charge in [0.15, 0.2) is 0 Å². The maximum atomic E-state index is 2.31. The smallest absolute Gasteiger partial charge is 0.0381 e. The average Bonchev–Trinajstić information content (AvgIpc) is 2.33. The predicted octanol–water partition coefficient (Wildman–Crippen LogP) is 2.13. The third-order valence-corrected chi connectivity index (χ3v) is 1.90. The topological polar surface area (TPSA) is 8.17 Å². The molecule has 1 aromatic rings. The van der Waals surface area contributed by atoms with Gasteiger partial charge in [0.1, 0.15) is 0 Å². The molecular weight excluding hydrogens is 148 g/mol. The van der Waals surface area contributed by atoms with Crippen LogP contribution in [0.2, 0.25) is 0 Å². The number of nitrogens with zero attached hydrogens (tertiary/aromatic N) is 2. The lowest BCUT2D eigenvalue weighted by Gasteiger charge is -2.15. The summed E-state index contributed by atoms with van der Waals surface area (Å²) in [5, 5.41) is 0. The van der Waals surface area contributed by atoms with Crippen molar-refractivity contribution in [1.29, 1.82) is 0 Å². The molecule has 1 heterocycles. The van der Waals surface area contributed by atoms with E-state index in [0.29, 0.717) is 6.04 Å². The maximum Gasteiger partial charge on any atom is 0.0381 e. The lowest BCUT2D eigenvalue weighted by atomic mass is 10.3. The molecule has 0 atom stereocenters. The first-order chi connectivity index (χ1) is 5.61. The van der Waals surface area contributed by atoms with Gasteiger partial charge in [-0.2, -0.15) is 0 Å². The molecule has 0 saturated carbocycles. The summed E-state index contributed by atoms with van der Waals surface area (Å²) in [7, 11) is 4.19. The molecule has 0 aliphatic rings. The Morgan fingerprint density at radius 3 is 2.58 bits per heavy atom. The largest absolute Gasteiger partial charge is 0.348 e. The summed E-state index contributed by atoms with van der Waals surface area (Å²) >= 11 is 0. The van der Waals surface area contributed by atoms with Crippen LogP contribution in [0.15, 0.2) is 18.3 Å². The van der Waals surface area contributed by atoms with Gasteiger partial charge in [0.2, 0.25) is 0 Å². The maximum absolute atomic E-state index is 2.31. The van der Waals surface area contributed by atoms with Crippen molar-refractivity contribution in [3.63, 3.8) is 0 Å². The Bertz CT molecular complexity index is 236. The van der Waals surface area contributed by atoms with Gasteiger partial charge in [-0.05, 0) is 40.1 Å². The van der Waals surface area contributed by atoms with Crippen LogP contribution in [0.5, 0.6) is 0 Å². The fraction of sp³-hybridized carbons (Fsp3) is 0.600. The van der Waals surface area contributed by atoms with Crippen molar-refractivity contribution in [2.45, 2.75) is 26.4 Å². The van der Waals surface area contributed by atoms with Crippen LogP contribution in [0.1, 0.15) is 25.6 Å². The van der Waals surface area contributed by atoms with E-state index in [2.05, 4.69) is 55.7 Å². The second kappa shape index (κ2) is 3.76. The van der Waals surface area contributed by atoms with Gasteiger partial charge in [-0.1, -0.05) is 0 Å². The molecule has 68 valence electrons. The minimum atomic E-state index is 0.565. The Labute approximate surface area is 74.8 Å². The standard InChI is InChI=1S/C10H18N2/c1-9(2)12-7-5-6-10(12)8-11(3)4/h5-7,9H,8H2,1-4H3. The highest BCUT2D eigenvalue weighted by molar-refractivity contribution is 5.07. The minimum Gasteiger partial charge on any atom is -0.348 e. The van der Waals surface area contributed by atoms with E-state index in [4.69, 9.17) is 0 Å². The van der Waals surface area contributed by atoms with Crippen LogP contribution in [0.4, 0.5) is 0 Å². The molecular formula is C10H18N2. The Morgan fingerprint density at radius 1 is 1.42 bits per heavy atom. The van der Waals surface area contributed by atoms with E-state index < -0.39 is 0 Å². The Balaban J connectivity index is 2.77. The molecule has 1 rings (SSSR count). The number of aromatic nitrogens is 1. The number of rotatable bonds is 3. The van der Waals surface area contributed by atoms with E-state index >= 15 is 0 Å². The van der Waals surface area contributed by atoms with E-state index in [0.717, 1.165) is 6.54 Å². The molecule has 0 fully saturated rings. The molecule has 0 unspecified atom stereocenters. The van der Waals surface area contributed by atoms with E-state index in [1.54, 1.807) is 0 Å². The molecule has 0 aromatic carbocycles. The van der Waals surface area contributed by atoms with E-state index in [-0.39, 0.29) is 0 Å². The quantitative estimate of drug-likeness (QED) is 0.668. The van der Waals surface area contributed by atoms with E-state index in [9.17, 15) is 0 Å². The summed E-state index contributed by atoms with van der Waals surface area (Å²) in [6.07, 6.45) is 2.14. The Kier molecular flexibility index (Phi) is 2.93. The monoisotopic (exact) mass is 166 g/mol. The van der Waals surface area contributed by atoms with Crippen LogP contribution in [-0.4, -0.2) is 23.6 Å². The molecule has 1 aromatic heterocycles. The van der Waals surface area contributed by atoms with E-state index in [1.165, 1.54) is 5.69 Å². The zero-order valence-corrected chi connectivity index (χ0v) is 8.41. The lowest BCUT2D eigenvalue weighted by molar-refractivity contribution is 0.382. The molecule has 0 bridgehead atoms. The fourth-order valence-electron chi connectivity index (χ4n) is 1.39. The van der Waals surface area contributed by atoms with Gasteiger partial charge < -0.3 is 9.47 Å². The van der Waals surface area contributed by atoms with Crippen molar-refractivity contribution in [3.8, 4) is 0 Å². The molecule has 0 aliphatic heterocycles. The summed E-state index contributed by atoms with van der Waals surface area (Å²) in [6.45, 7) is 5.43. The minimum absolute atomic E-state index is 0.565. The molecule has 0 radical (unpaired) electrons. The highest BCUT2D eigenvalue weighted by atomic mass is 15.1. The van der Waals surface area contributed by atoms with Crippen LogP contribution in [0.3, 0.4) is 0 Å². The SMILES string of the molecule is CC(C)n1cccc1CN(C)C. The highest BCUT2D eigenvalue weighted by Gasteiger charge is 2.03. The van der Waals surface area contributed by atoms with Crippen LogP contribution in [-0.2, 0) is 6.54 Å². The van der Waals surface area contributed by atoms with Crippen molar-refractivity contribution in [2.75, 3.05) is 14.1 Å². The van der Waals surface area contributed by atoms with Crippen LogP contribution in [0.25, 0.3) is 0 Å². The van der Waals surface area contributed by atoms with Crippen molar-refractivity contribution >= 4 is 0 Å². The van der Waals surface area contributed by atoms with Gasteiger partial charge in [-0.3, -0.25) is 0 Å². The van der Waals surface area contributed by atoms with Gasteiger partial charge >= 0.3 is 0 Å². The van der Waals surface area contributed by atoms with Crippen LogP contribution >= 0.6 is 0 Å². The molecule has 0 spiro atoms. The first-order valence-electron chi connectivity index (χ1n) is 4.41. The number of hydrogen-bond donors (Lipinski definition) is 0. The summed E-state index contributed by atoms with van der Waals surface area (Å²) < 4.78 is 2.31. The van der Waals surface area contributed by atoms with Gasteiger partial charge in [0.05, 0.1) is 0 Å². The van der Waals surface area contributed by atoms with Crippen molar-refractivity contribution in [1.82, 2.24) is 9.47 Å². The average molecular weight is 166 g/mol. The molecule has 0 amide bonds. The predicted molar refractivity (Wildman–Crippen MR) is 52.2 cm³/mol. The molecule has 12 heavy (non-hydrogen) atoms. The fourth-order valence-corrected chi connectivity index (χ4v) is 1.39. The molecule has 2 heteroatoms. The summed E-state index contributed by atoms with van der Waals surface area (Å²) in [6, 6.07) is 4.86. The third kappa shape index (κ3) is 2.11. The van der Waals surface area contributed by atoms with E-state index in [1.807, 2.05) is 0 Å². The molecule has 2 nitrogen and oxygen atoms in total. The highest BCUT2D eigenvalue weighted by Crippen LogP contribution is 2.11. The zero-order valence-electron chi connectivity index (χ0n) is 8.41. The van der Waals surface area contributed by atoms with Crippen molar-refractivity contribution in [2.24, 2.45) is 0 Å². The third-order valence-electron chi connectivity index (χ3n) is 1.90. The van der Waals surface area contributed by atoms with Crippen molar-refractivity contribution in [3.05, 3.63) is 24.0 Å². The lowest BCUT2D eigenvalue weighted by Crippen LogP contribution is -2.15. The molecule has 0 N–H and O–H groups in total. The van der Waals surface area contributed by atoms with Crippen LogP contribution in [0, 0.1) is 0 Å². The molecule has 0 aliphatic carbocycles. The van der Waals surface area contributed by atoms with Gasteiger partial charge in [-0.25, -0.2) is 0 Å². The first-order valence-corrected chi connectivity index (χ1v) is 4.41. The van der Waals surface area contributed by atoms with Crippen LogP contribution < -0.4 is 0 Å². The number of hydrogen-bond acceptors (Lipinski definition) is 1. The summed E-state index contributed by atoms with van der Waals surface area (Å²) in [5.74, 6) is 0. The second-order valence-corrected chi connectivity index (χ2v) is 3.74. The normalized spacial score (nSPS) is 11.5. The zero-order chi connectivity index (χ0) is 9.14. The van der Waals surface area contributed by atoms with Gasteiger partial charge in [0.25, 0.3) is 0 Å². The van der Waals surface area contributed by atoms with Crippen molar-refractivity contribution < 1.29 is 0 Å². The van der Waals surface area contributed by atoms with Gasteiger partial charge in [0, 0.05) is 24.5 Å². The summed E-state index contributed by atoms with van der Waals surface area (Å²) in [5.41, 5.74) is 1.38. The van der Waals surface area contributed by atoms with Gasteiger partial charge in [-0.15, -0.1) is 0 Å².